The Kier molecular flexibility index (Phi) is 5.76. The molecule has 6 nitrogen and oxygen atoms in total. The highest BCUT2D eigenvalue weighted by atomic mass is 19.1. The molecule has 1 aliphatic heterocycles. The number of methoxy groups -OCH3 is 1. The van der Waals surface area contributed by atoms with E-state index in [9.17, 15) is 8.78 Å². The van der Waals surface area contributed by atoms with Crippen molar-refractivity contribution >= 4 is 34.1 Å². The Hall–Kier alpha value is -4.72. The van der Waals surface area contributed by atoms with Crippen molar-refractivity contribution in [3.63, 3.8) is 0 Å². The highest BCUT2D eigenvalue weighted by molar-refractivity contribution is 6.33. The van der Waals surface area contributed by atoms with Crippen molar-refractivity contribution in [2.24, 2.45) is 10.9 Å². The molecule has 0 spiro atoms. The van der Waals surface area contributed by atoms with Crippen LogP contribution >= 0.6 is 0 Å². The maximum Gasteiger partial charge on any atom is 0.179 e. The van der Waals surface area contributed by atoms with Gasteiger partial charge in [0.25, 0.3) is 0 Å². The first-order valence-electron chi connectivity index (χ1n) is 11.7. The van der Waals surface area contributed by atoms with E-state index in [-0.39, 0.29) is 17.9 Å². The summed E-state index contributed by atoms with van der Waals surface area (Å²) in [6.45, 7) is 0. The fourth-order valence-corrected chi connectivity index (χ4v) is 4.62. The van der Waals surface area contributed by atoms with Gasteiger partial charge in [-0.15, -0.1) is 0 Å². The minimum absolute atomic E-state index is 0.0266. The lowest BCUT2D eigenvalue weighted by atomic mass is 9.82. The summed E-state index contributed by atoms with van der Waals surface area (Å²) in [4.78, 5) is 18.1. The van der Waals surface area contributed by atoms with Crippen LogP contribution in [0.25, 0.3) is 11.1 Å². The molecule has 37 heavy (non-hydrogen) atoms. The Labute approximate surface area is 212 Å². The van der Waals surface area contributed by atoms with Gasteiger partial charge >= 0.3 is 0 Å². The number of aromatic nitrogens is 3. The van der Waals surface area contributed by atoms with Gasteiger partial charge in [-0.1, -0.05) is 30.3 Å². The van der Waals surface area contributed by atoms with E-state index in [1.54, 1.807) is 25.7 Å². The molecule has 0 amide bonds. The maximum absolute atomic E-state index is 14.6. The number of benzene rings is 2. The molecule has 0 saturated heterocycles. The maximum atomic E-state index is 14.6. The number of hydrogen-bond acceptors (Lipinski definition) is 6. The van der Waals surface area contributed by atoms with Gasteiger partial charge in [0.15, 0.2) is 17.4 Å². The van der Waals surface area contributed by atoms with Gasteiger partial charge in [-0.3, -0.25) is 9.98 Å². The quantitative estimate of drug-likeness (QED) is 0.340. The summed E-state index contributed by atoms with van der Waals surface area (Å²) < 4.78 is 34.7. The SMILES string of the molecule is COc1cnc(C2=CC(Cc3c(F)cccc3F)C3=Nc4ccccc4C3=C2)nc1Nc1ccncc1. The van der Waals surface area contributed by atoms with E-state index in [1.165, 1.54) is 18.2 Å². The third-order valence-electron chi connectivity index (χ3n) is 6.40. The number of anilines is 2. The average molecular weight is 494 g/mol. The van der Waals surface area contributed by atoms with Gasteiger partial charge in [0, 0.05) is 46.3 Å². The van der Waals surface area contributed by atoms with Crippen molar-refractivity contribution < 1.29 is 13.5 Å². The van der Waals surface area contributed by atoms with Crippen molar-refractivity contribution in [2.45, 2.75) is 6.42 Å². The summed E-state index contributed by atoms with van der Waals surface area (Å²) in [5.41, 5.74) is 5.01. The highest BCUT2D eigenvalue weighted by Gasteiger charge is 2.32. The molecule has 1 N–H and O–H groups in total. The highest BCUT2D eigenvalue weighted by Crippen LogP contribution is 2.43. The van der Waals surface area contributed by atoms with Crippen LogP contribution < -0.4 is 10.1 Å². The Morgan fingerprint density at radius 3 is 2.54 bits per heavy atom. The molecule has 8 heteroatoms. The zero-order chi connectivity index (χ0) is 25.4. The molecular formula is C29H21F2N5O. The van der Waals surface area contributed by atoms with Crippen LogP contribution in [0.2, 0.25) is 0 Å². The number of para-hydroxylation sites is 1. The monoisotopic (exact) mass is 493 g/mol. The van der Waals surface area contributed by atoms with E-state index < -0.39 is 11.6 Å². The Morgan fingerprint density at radius 2 is 1.76 bits per heavy atom. The number of hydrogen-bond donors (Lipinski definition) is 1. The number of ether oxygens (including phenoxy) is 1. The fourth-order valence-electron chi connectivity index (χ4n) is 4.62. The number of nitrogens with one attached hydrogen (secondary N) is 1. The Morgan fingerprint density at radius 1 is 0.973 bits per heavy atom. The third-order valence-corrected chi connectivity index (χ3v) is 6.40. The van der Waals surface area contributed by atoms with Crippen molar-refractivity contribution in [1.82, 2.24) is 15.0 Å². The van der Waals surface area contributed by atoms with Crippen LogP contribution in [0.3, 0.4) is 0 Å². The summed E-state index contributed by atoms with van der Waals surface area (Å²) in [6.07, 6.45) is 8.98. The number of aliphatic imine (C=N–C) groups is 1. The number of fused-ring (bicyclic) bond motifs is 3. The average Bonchev–Trinajstić information content (AvgIpc) is 3.30. The molecule has 1 aliphatic carbocycles. The number of allylic oxidation sites excluding steroid dienone is 4. The zero-order valence-corrected chi connectivity index (χ0v) is 19.8. The lowest BCUT2D eigenvalue weighted by Gasteiger charge is -2.22. The van der Waals surface area contributed by atoms with Crippen LogP contribution in [0.1, 0.15) is 17.0 Å². The van der Waals surface area contributed by atoms with Crippen molar-refractivity contribution in [1.29, 1.82) is 0 Å². The van der Waals surface area contributed by atoms with Gasteiger partial charge in [-0.25, -0.2) is 18.7 Å². The molecule has 2 aliphatic rings. The molecule has 0 radical (unpaired) electrons. The number of rotatable bonds is 6. The largest absolute Gasteiger partial charge is 0.491 e. The van der Waals surface area contributed by atoms with Gasteiger partial charge in [-0.2, -0.15) is 0 Å². The molecule has 6 rings (SSSR count). The molecule has 3 heterocycles. The second kappa shape index (κ2) is 9.39. The van der Waals surface area contributed by atoms with Crippen LogP contribution in [-0.4, -0.2) is 27.8 Å². The first-order chi connectivity index (χ1) is 18.1. The Balaban J connectivity index is 1.44. The minimum atomic E-state index is -0.577. The van der Waals surface area contributed by atoms with Crippen LogP contribution in [0.15, 0.2) is 90.3 Å². The molecule has 1 unspecified atom stereocenters. The topological polar surface area (TPSA) is 72.3 Å². The molecule has 0 bridgehead atoms. The van der Waals surface area contributed by atoms with Gasteiger partial charge in [0.05, 0.1) is 24.7 Å². The van der Waals surface area contributed by atoms with E-state index in [0.29, 0.717) is 17.4 Å². The van der Waals surface area contributed by atoms with Crippen LogP contribution in [-0.2, 0) is 6.42 Å². The molecule has 0 saturated carbocycles. The smallest absolute Gasteiger partial charge is 0.179 e. The number of halogens is 2. The van der Waals surface area contributed by atoms with Crippen molar-refractivity contribution in [3.05, 3.63) is 114 Å². The van der Waals surface area contributed by atoms with Gasteiger partial charge in [-0.05, 0) is 42.8 Å². The lowest BCUT2D eigenvalue weighted by Crippen LogP contribution is -2.20. The Bertz CT molecular complexity index is 1580. The molecule has 4 aromatic rings. The first-order valence-corrected chi connectivity index (χ1v) is 11.7. The van der Waals surface area contributed by atoms with Crippen molar-refractivity contribution in [3.8, 4) is 5.75 Å². The summed E-state index contributed by atoms with van der Waals surface area (Å²) in [6, 6.07) is 15.4. The van der Waals surface area contributed by atoms with E-state index in [0.717, 1.165) is 33.8 Å². The molecule has 182 valence electrons. The standard InChI is InChI=1S/C29H21F2N5O/c1-37-26-16-33-28(36-29(26)34-19-9-11-32-12-10-19)18-13-17(14-22-23(30)6-4-7-24(22)31)27-21(15-18)20-5-2-3-8-25(20)35-27/h2-13,15-17H,14H2,1H3,(H,32,33,34,36). The minimum Gasteiger partial charge on any atom is -0.491 e. The third kappa shape index (κ3) is 4.27. The molecular weight excluding hydrogens is 472 g/mol. The van der Waals surface area contributed by atoms with E-state index >= 15 is 0 Å². The van der Waals surface area contributed by atoms with Crippen LogP contribution in [0, 0.1) is 17.6 Å². The predicted octanol–water partition coefficient (Wildman–Crippen LogP) is 6.33. The summed E-state index contributed by atoms with van der Waals surface area (Å²) in [5, 5.41) is 3.24. The normalized spacial score (nSPS) is 15.8. The van der Waals surface area contributed by atoms with E-state index in [4.69, 9.17) is 14.7 Å². The summed E-state index contributed by atoms with van der Waals surface area (Å²) in [7, 11) is 1.55. The van der Waals surface area contributed by atoms with Gasteiger partial charge < -0.3 is 10.1 Å². The molecule has 2 aromatic heterocycles. The van der Waals surface area contributed by atoms with Crippen molar-refractivity contribution in [2.75, 3.05) is 12.4 Å². The lowest BCUT2D eigenvalue weighted by molar-refractivity contribution is 0.413. The number of nitrogens with zero attached hydrogens (tertiary/aromatic N) is 4. The fraction of sp³-hybridized carbons (Fsp3) is 0.103. The summed E-state index contributed by atoms with van der Waals surface area (Å²) in [5.74, 6) is -0.120. The van der Waals surface area contributed by atoms with E-state index in [2.05, 4.69) is 15.3 Å². The predicted molar refractivity (Wildman–Crippen MR) is 139 cm³/mol. The first kappa shape index (κ1) is 22.7. The second-order valence-electron chi connectivity index (χ2n) is 8.68. The number of pyridine rings is 1. The molecule has 2 aromatic carbocycles. The van der Waals surface area contributed by atoms with Crippen LogP contribution in [0.5, 0.6) is 5.75 Å². The zero-order valence-electron chi connectivity index (χ0n) is 19.8. The van der Waals surface area contributed by atoms with Crippen LogP contribution in [0.4, 0.5) is 26.0 Å². The molecule has 1 atom stereocenters. The van der Waals surface area contributed by atoms with Gasteiger partial charge in [0.1, 0.15) is 11.6 Å². The second-order valence-corrected chi connectivity index (χ2v) is 8.68. The van der Waals surface area contributed by atoms with Gasteiger partial charge in [0.2, 0.25) is 0 Å². The summed E-state index contributed by atoms with van der Waals surface area (Å²) >= 11 is 0. The molecule has 0 fully saturated rings. The van der Waals surface area contributed by atoms with E-state index in [1.807, 2.05) is 48.6 Å².